The van der Waals surface area contributed by atoms with E-state index in [9.17, 15) is 9.18 Å². The van der Waals surface area contributed by atoms with Crippen LogP contribution in [0, 0.1) is 5.82 Å². The van der Waals surface area contributed by atoms with Crippen LogP contribution in [0.15, 0.2) is 42.6 Å². The maximum absolute atomic E-state index is 13.3. The number of fused-ring (bicyclic) bond motifs is 1. The van der Waals surface area contributed by atoms with E-state index >= 15 is 0 Å². The number of aromatic nitrogens is 1. The van der Waals surface area contributed by atoms with Gasteiger partial charge in [0.05, 0.1) is 6.04 Å². The number of urea groups is 1. The zero-order chi connectivity index (χ0) is 18.1. The normalized spacial score (nSPS) is 21.5. The van der Waals surface area contributed by atoms with E-state index in [2.05, 4.69) is 29.1 Å². The smallest absolute Gasteiger partial charge is 0.318 e. The number of hydrogen-bond donors (Lipinski definition) is 1. The Morgan fingerprint density at radius 1 is 1.19 bits per heavy atom. The Kier molecular flexibility index (Phi) is 4.47. The van der Waals surface area contributed by atoms with E-state index in [4.69, 9.17) is 0 Å². The molecule has 1 fully saturated rings. The van der Waals surface area contributed by atoms with Crippen LogP contribution in [-0.4, -0.2) is 28.6 Å². The van der Waals surface area contributed by atoms with Crippen LogP contribution in [0.1, 0.15) is 49.9 Å². The van der Waals surface area contributed by atoms with Crippen molar-refractivity contribution in [2.75, 3.05) is 13.1 Å². The van der Waals surface area contributed by atoms with Crippen molar-refractivity contribution in [1.29, 1.82) is 0 Å². The Balaban J connectivity index is 1.47. The van der Waals surface area contributed by atoms with E-state index in [0.717, 1.165) is 44.3 Å². The van der Waals surface area contributed by atoms with E-state index in [0.29, 0.717) is 6.54 Å². The summed E-state index contributed by atoms with van der Waals surface area (Å²) >= 11 is 0. The molecule has 2 heterocycles. The van der Waals surface area contributed by atoms with E-state index in [1.165, 1.54) is 17.8 Å². The quantitative estimate of drug-likeness (QED) is 0.879. The van der Waals surface area contributed by atoms with Crippen LogP contribution in [0.5, 0.6) is 0 Å². The number of carbonyl (C=O) groups excluding carboxylic acids is 1. The molecule has 2 aromatic rings. The molecule has 138 valence electrons. The summed E-state index contributed by atoms with van der Waals surface area (Å²) in [6.07, 6.45) is 6.46. The SMILES string of the molecule is CC1c2cccn2CCN1C(=O)NCC1(c2ccc(F)cc2)CCCC1. The Bertz CT molecular complexity index is 777. The topological polar surface area (TPSA) is 37.3 Å². The summed E-state index contributed by atoms with van der Waals surface area (Å²) in [7, 11) is 0. The summed E-state index contributed by atoms with van der Waals surface area (Å²) in [6.45, 7) is 4.25. The third-order valence-corrected chi connectivity index (χ3v) is 6.20. The average molecular weight is 355 g/mol. The van der Waals surface area contributed by atoms with Gasteiger partial charge in [-0.05, 0) is 49.6 Å². The molecule has 1 atom stereocenters. The van der Waals surface area contributed by atoms with Gasteiger partial charge in [0, 0.05) is 36.9 Å². The summed E-state index contributed by atoms with van der Waals surface area (Å²) < 4.78 is 15.5. The lowest BCUT2D eigenvalue weighted by Crippen LogP contribution is -2.49. The fraction of sp³-hybridized carbons (Fsp3) is 0.476. The zero-order valence-electron chi connectivity index (χ0n) is 15.2. The van der Waals surface area contributed by atoms with Crippen LogP contribution < -0.4 is 5.32 Å². The molecule has 0 spiro atoms. The van der Waals surface area contributed by atoms with E-state index < -0.39 is 0 Å². The molecule has 0 saturated heterocycles. The molecule has 0 bridgehead atoms. The third kappa shape index (κ3) is 3.00. The van der Waals surface area contributed by atoms with Gasteiger partial charge in [0.15, 0.2) is 0 Å². The van der Waals surface area contributed by atoms with E-state index in [-0.39, 0.29) is 23.3 Å². The molecule has 1 N–H and O–H groups in total. The molecule has 5 heteroatoms. The van der Waals surface area contributed by atoms with Crippen molar-refractivity contribution in [3.8, 4) is 0 Å². The maximum atomic E-state index is 13.3. The molecular weight excluding hydrogens is 329 g/mol. The first-order valence-corrected chi connectivity index (χ1v) is 9.55. The zero-order valence-corrected chi connectivity index (χ0v) is 15.2. The lowest BCUT2D eigenvalue weighted by atomic mass is 9.79. The summed E-state index contributed by atoms with van der Waals surface area (Å²) in [4.78, 5) is 14.8. The number of carbonyl (C=O) groups is 1. The number of hydrogen-bond acceptors (Lipinski definition) is 1. The van der Waals surface area contributed by atoms with Crippen molar-refractivity contribution < 1.29 is 9.18 Å². The second-order valence-electron chi connectivity index (χ2n) is 7.65. The molecular formula is C21H26FN3O. The van der Waals surface area contributed by atoms with Crippen LogP contribution in [0.2, 0.25) is 0 Å². The fourth-order valence-electron chi connectivity index (χ4n) is 4.63. The van der Waals surface area contributed by atoms with Gasteiger partial charge in [-0.3, -0.25) is 0 Å². The van der Waals surface area contributed by atoms with Crippen LogP contribution in [0.4, 0.5) is 9.18 Å². The molecule has 1 aromatic carbocycles. The molecule has 1 unspecified atom stereocenters. The molecule has 0 radical (unpaired) electrons. The molecule has 2 amide bonds. The highest BCUT2D eigenvalue weighted by Gasteiger charge is 2.37. The summed E-state index contributed by atoms with van der Waals surface area (Å²) in [5, 5.41) is 3.19. The van der Waals surface area contributed by atoms with Crippen LogP contribution in [0.3, 0.4) is 0 Å². The van der Waals surface area contributed by atoms with Gasteiger partial charge in [-0.2, -0.15) is 0 Å². The number of nitrogens with zero attached hydrogens (tertiary/aromatic N) is 2. The van der Waals surface area contributed by atoms with E-state index in [1.807, 2.05) is 23.1 Å². The summed E-state index contributed by atoms with van der Waals surface area (Å²) in [5.74, 6) is -0.212. The third-order valence-electron chi connectivity index (χ3n) is 6.20. The first kappa shape index (κ1) is 17.1. The highest BCUT2D eigenvalue weighted by molar-refractivity contribution is 5.75. The molecule has 1 aliphatic carbocycles. The molecule has 4 nitrogen and oxygen atoms in total. The number of nitrogens with one attached hydrogen (secondary N) is 1. The lowest BCUT2D eigenvalue weighted by molar-refractivity contribution is 0.159. The Morgan fingerprint density at radius 2 is 1.92 bits per heavy atom. The number of halogens is 1. The molecule has 1 saturated carbocycles. The van der Waals surface area contributed by atoms with Gasteiger partial charge in [-0.15, -0.1) is 0 Å². The Labute approximate surface area is 154 Å². The number of rotatable bonds is 3. The van der Waals surface area contributed by atoms with Gasteiger partial charge in [0.1, 0.15) is 5.82 Å². The molecule has 1 aliphatic heterocycles. The Morgan fingerprint density at radius 3 is 2.65 bits per heavy atom. The number of amides is 2. The molecule has 2 aliphatic rings. The highest BCUT2D eigenvalue weighted by Crippen LogP contribution is 2.40. The summed E-state index contributed by atoms with van der Waals surface area (Å²) in [5.41, 5.74) is 2.25. The largest absolute Gasteiger partial charge is 0.348 e. The Hall–Kier alpha value is -2.30. The number of benzene rings is 1. The predicted octanol–water partition coefficient (Wildman–Crippen LogP) is 4.23. The first-order valence-electron chi connectivity index (χ1n) is 9.55. The van der Waals surface area contributed by atoms with Crippen molar-refractivity contribution in [3.05, 3.63) is 59.7 Å². The minimum Gasteiger partial charge on any atom is -0.348 e. The molecule has 26 heavy (non-hydrogen) atoms. The molecule has 4 rings (SSSR count). The fourth-order valence-corrected chi connectivity index (χ4v) is 4.63. The second kappa shape index (κ2) is 6.78. The first-order chi connectivity index (χ1) is 12.6. The van der Waals surface area contributed by atoms with Gasteiger partial charge in [0.25, 0.3) is 0 Å². The van der Waals surface area contributed by atoms with Crippen LogP contribution in [0.25, 0.3) is 0 Å². The maximum Gasteiger partial charge on any atom is 0.318 e. The highest BCUT2D eigenvalue weighted by atomic mass is 19.1. The van der Waals surface area contributed by atoms with Crippen molar-refractivity contribution in [3.63, 3.8) is 0 Å². The van der Waals surface area contributed by atoms with Gasteiger partial charge in [-0.1, -0.05) is 25.0 Å². The minimum atomic E-state index is -0.212. The minimum absolute atomic E-state index is 0.00154. The predicted molar refractivity (Wildman–Crippen MR) is 99.5 cm³/mol. The average Bonchev–Trinajstić information content (AvgIpc) is 3.31. The molecule has 1 aromatic heterocycles. The van der Waals surface area contributed by atoms with Gasteiger partial charge in [0.2, 0.25) is 0 Å². The van der Waals surface area contributed by atoms with Crippen LogP contribution in [-0.2, 0) is 12.0 Å². The second-order valence-corrected chi connectivity index (χ2v) is 7.65. The lowest BCUT2D eigenvalue weighted by Gasteiger charge is -2.36. The summed E-state index contributed by atoms with van der Waals surface area (Å²) in [6, 6.07) is 11.0. The standard InChI is InChI=1S/C21H26FN3O/c1-16-19-5-4-12-24(19)13-14-25(16)20(26)23-15-21(10-2-3-11-21)17-6-8-18(22)9-7-17/h4-9,12,16H,2-3,10-11,13-15H2,1H3,(H,23,26). The van der Waals surface area contributed by atoms with Gasteiger partial charge >= 0.3 is 6.03 Å². The van der Waals surface area contributed by atoms with Crippen molar-refractivity contribution in [2.24, 2.45) is 0 Å². The van der Waals surface area contributed by atoms with Crippen molar-refractivity contribution in [1.82, 2.24) is 14.8 Å². The monoisotopic (exact) mass is 355 g/mol. The van der Waals surface area contributed by atoms with E-state index in [1.54, 1.807) is 0 Å². The van der Waals surface area contributed by atoms with Crippen molar-refractivity contribution >= 4 is 6.03 Å². The van der Waals surface area contributed by atoms with Crippen molar-refractivity contribution in [2.45, 2.75) is 50.6 Å². The van der Waals surface area contributed by atoms with Crippen LogP contribution >= 0.6 is 0 Å². The van der Waals surface area contributed by atoms with Gasteiger partial charge < -0.3 is 14.8 Å². The van der Waals surface area contributed by atoms with Gasteiger partial charge in [-0.25, -0.2) is 9.18 Å².